The molecule has 41 heavy (non-hydrogen) atoms. The van der Waals surface area contributed by atoms with E-state index in [-0.39, 0.29) is 36.5 Å². The number of H-pyrrole nitrogens is 1. The summed E-state index contributed by atoms with van der Waals surface area (Å²) in [4.78, 5) is 29.8. The molecule has 214 valence electrons. The maximum atomic E-state index is 12.7. The first-order valence-corrected chi connectivity index (χ1v) is 14.3. The highest BCUT2D eigenvalue weighted by Gasteiger charge is 2.34. The number of hydrogen-bond acceptors (Lipinski definition) is 6. The third-order valence-corrected chi connectivity index (χ3v) is 8.10. The van der Waals surface area contributed by atoms with Gasteiger partial charge in [-0.25, -0.2) is 4.79 Å². The van der Waals surface area contributed by atoms with Gasteiger partial charge in [-0.2, -0.15) is 0 Å². The monoisotopic (exact) mass is 556 g/mol. The minimum absolute atomic E-state index is 0.00324. The van der Waals surface area contributed by atoms with Gasteiger partial charge in [-0.3, -0.25) is 9.36 Å². The van der Waals surface area contributed by atoms with Crippen molar-refractivity contribution < 1.29 is 19.4 Å². The first-order chi connectivity index (χ1) is 20.0. The molecule has 0 unspecified atom stereocenters. The maximum Gasteiger partial charge on any atom is 0.326 e. The van der Waals surface area contributed by atoms with Gasteiger partial charge in [0.05, 0.1) is 29.8 Å². The van der Waals surface area contributed by atoms with Gasteiger partial charge in [0.2, 0.25) is 5.91 Å². The zero-order chi connectivity index (χ0) is 28.3. The third kappa shape index (κ3) is 6.13. The lowest BCUT2D eigenvalue weighted by Gasteiger charge is -2.40. The molecule has 9 nitrogen and oxygen atoms in total. The number of nitrogens with one attached hydrogen (secondary N) is 2. The zero-order valence-corrected chi connectivity index (χ0v) is 23.2. The Kier molecular flexibility index (Phi) is 8.02. The number of carbonyl (C=O) groups is 1. The summed E-state index contributed by atoms with van der Waals surface area (Å²) < 4.78 is 14.9. The number of piperidine rings is 1. The number of fused-ring (bicyclic) bond motifs is 1. The van der Waals surface area contributed by atoms with Gasteiger partial charge in [0.25, 0.3) is 0 Å². The molecule has 0 bridgehead atoms. The summed E-state index contributed by atoms with van der Waals surface area (Å²) in [6, 6.07) is 23.5. The molecular formula is C32H36N4O5. The fourth-order valence-electron chi connectivity index (χ4n) is 6.08. The van der Waals surface area contributed by atoms with Crippen LogP contribution in [0.4, 0.5) is 5.69 Å². The van der Waals surface area contributed by atoms with Crippen molar-refractivity contribution in [1.82, 2.24) is 14.5 Å². The smallest absolute Gasteiger partial charge is 0.326 e. The summed E-state index contributed by atoms with van der Waals surface area (Å²) in [6.07, 6.45) is 1.62. The second-order valence-corrected chi connectivity index (χ2v) is 11.0. The number of likely N-dealkylation sites (tertiary alicyclic amines) is 1. The van der Waals surface area contributed by atoms with Gasteiger partial charge in [0.15, 0.2) is 6.29 Å². The van der Waals surface area contributed by atoms with E-state index in [1.54, 1.807) is 0 Å². The molecule has 1 aromatic heterocycles. The number of hydrogen-bond donors (Lipinski definition) is 3. The minimum atomic E-state index is -0.590. The molecule has 0 saturated carbocycles. The zero-order valence-electron chi connectivity index (χ0n) is 23.2. The molecule has 4 aromatic rings. The highest BCUT2D eigenvalue weighted by molar-refractivity contribution is 5.88. The molecule has 0 radical (unpaired) electrons. The lowest BCUT2D eigenvalue weighted by Crippen LogP contribution is -2.43. The number of aromatic nitrogens is 2. The van der Waals surface area contributed by atoms with Crippen molar-refractivity contribution in [2.45, 2.75) is 57.3 Å². The lowest BCUT2D eigenvalue weighted by molar-refractivity contribution is -0.253. The average Bonchev–Trinajstić information content (AvgIpc) is 3.33. The van der Waals surface area contributed by atoms with E-state index in [9.17, 15) is 14.7 Å². The molecule has 0 aliphatic carbocycles. The quantitative estimate of drug-likeness (QED) is 0.306. The minimum Gasteiger partial charge on any atom is -0.392 e. The number of para-hydroxylation sites is 2. The second kappa shape index (κ2) is 12.0. The molecule has 9 heteroatoms. The predicted octanol–water partition coefficient (Wildman–Crippen LogP) is 4.66. The number of aliphatic hydroxyl groups excluding tert-OH is 1. The van der Waals surface area contributed by atoms with E-state index in [2.05, 4.69) is 15.2 Å². The van der Waals surface area contributed by atoms with Crippen molar-refractivity contribution in [2.24, 2.45) is 0 Å². The standard InChI is InChI=1S/C32H36N4O5/c1-21(38)33-25-6-4-5-24(17-25)31-40-27(18-30(41-31)23-11-9-22(20-37)10-12-23)19-35-15-13-26(14-16-35)36-29-8-3-2-7-28(29)34-32(36)39/h2-12,17,26-27,30-31,37H,13-16,18-20H2,1H3,(H,33,38)(H,34,39)/t27-,30+,31+/m1/s1. The van der Waals surface area contributed by atoms with Crippen molar-refractivity contribution in [3.05, 3.63) is 100.0 Å². The van der Waals surface area contributed by atoms with E-state index in [1.165, 1.54) is 6.92 Å². The van der Waals surface area contributed by atoms with E-state index < -0.39 is 6.29 Å². The van der Waals surface area contributed by atoms with Crippen LogP contribution in [-0.2, 0) is 20.9 Å². The van der Waals surface area contributed by atoms with Gasteiger partial charge in [-0.1, -0.05) is 48.5 Å². The van der Waals surface area contributed by atoms with Gasteiger partial charge in [-0.05, 0) is 48.2 Å². The Balaban J connectivity index is 1.17. The Hall–Kier alpha value is -3.76. The largest absolute Gasteiger partial charge is 0.392 e. The third-order valence-electron chi connectivity index (χ3n) is 8.10. The molecule has 2 fully saturated rings. The van der Waals surface area contributed by atoms with E-state index in [1.807, 2.05) is 77.4 Å². The lowest BCUT2D eigenvalue weighted by atomic mass is 9.98. The van der Waals surface area contributed by atoms with Crippen LogP contribution in [-0.4, -0.2) is 51.2 Å². The fraction of sp³-hybridized carbons (Fsp3) is 0.375. The number of rotatable bonds is 7. The summed E-state index contributed by atoms with van der Waals surface area (Å²) in [5, 5.41) is 12.3. The van der Waals surface area contributed by atoms with Crippen LogP contribution in [0.3, 0.4) is 0 Å². The summed E-state index contributed by atoms with van der Waals surface area (Å²) in [5.41, 5.74) is 5.23. The SMILES string of the molecule is CC(=O)Nc1cccc([C@H]2O[C@@H](CN3CCC(n4c(=O)[nH]c5ccccc54)CC3)C[C@@H](c3ccc(CO)cc3)O2)c1. The number of nitrogens with zero attached hydrogens (tertiary/aromatic N) is 2. The van der Waals surface area contributed by atoms with Crippen LogP contribution in [0, 0.1) is 0 Å². The maximum absolute atomic E-state index is 12.7. The Morgan fingerprint density at radius 2 is 1.78 bits per heavy atom. The molecule has 0 spiro atoms. The fourth-order valence-corrected chi connectivity index (χ4v) is 6.08. The Morgan fingerprint density at radius 3 is 2.54 bits per heavy atom. The highest BCUT2D eigenvalue weighted by atomic mass is 16.7. The number of carbonyl (C=O) groups excluding carboxylic acids is 1. The van der Waals surface area contributed by atoms with E-state index in [0.29, 0.717) is 12.1 Å². The van der Waals surface area contributed by atoms with E-state index in [4.69, 9.17) is 9.47 Å². The highest BCUT2D eigenvalue weighted by Crippen LogP contribution is 2.39. The van der Waals surface area contributed by atoms with Gasteiger partial charge in [0, 0.05) is 50.3 Å². The Morgan fingerprint density at radius 1 is 1.00 bits per heavy atom. The van der Waals surface area contributed by atoms with Gasteiger partial charge >= 0.3 is 5.69 Å². The summed E-state index contributed by atoms with van der Waals surface area (Å²) in [7, 11) is 0. The normalized spacial score (nSPS) is 22.1. The number of amides is 1. The van der Waals surface area contributed by atoms with E-state index in [0.717, 1.165) is 60.2 Å². The number of imidazole rings is 1. The van der Waals surface area contributed by atoms with E-state index >= 15 is 0 Å². The first-order valence-electron chi connectivity index (χ1n) is 14.3. The summed E-state index contributed by atoms with van der Waals surface area (Å²) in [5.74, 6) is -0.134. The van der Waals surface area contributed by atoms with Gasteiger partial charge in [-0.15, -0.1) is 0 Å². The number of benzene rings is 3. The molecule has 3 heterocycles. The van der Waals surface area contributed by atoms with Crippen LogP contribution in [0.25, 0.3) is 11.0 Å². The molecular weight excluding hydrogens is 520 g/mol. The topological polar surface area (TPSA) is 109 Å². The number of ether oxygens (including phenoxy) is 2. The molecule has 2 saturated heterocycles. The average molecular weight is 557 g/mol. The summed E-state index contributed by atoms with van der Waals surface area (Å²) >= 11 is 0. The Labute approximate surface area is 238 Å². The molecule has 3 aromatic carbocycles. The van der Waals surface area contributed by atoms with Gasteiger partial charge < -0.3 is 29.8 Å². The van der Waals surface area contributed by atoms with Crippen LogP contribution >= 0.6 is 0 Å². The summed E-state index contributed by atoms with van der Waals surface area (Å²) in [6.45, 7) is 3.98. The van der Waals surface area contributed by atoms with Crippen LogP contribution in [0.2, 0.25) is 0 Å². The number of aliphatic hydroxyl groups is 1. The van der Waals surface area contributed by atoms with Crippen molar-refractivity contribution in [3.63, 3.8) is 0 Å². The van der Waals surface area contributed by atoms with Crippen LogP contribution < -0.4 is 11.0 Å². The Bertz CT molecular complexity index is 1550. The second-order valence-electron chi connectivity index (χ2n) is 11.0. The molecule has 2 aliphatic heterocycles. The van der Waals surface area contributed by atoms with Crippen molar-refractivity contribution in [2.75, 3.05) is 25.0 Å². The molecule has 1 amide bonds. The molecule has 3 atom stereocenters. The molecule has 6 rings (SSSR count). The molecule has 2 aliphatic rings. The van der Waals surface area contributed by atoms with Crippen molar-refractivity contribution in [1.29, 1.82) is 0 Å². The van der Waals surface area contributed by atoms with Crippen molar-refractivity contribution in [3.8, 4) is 0 Å². The predicted molar refractivity (Wildman–Crippen MR) is 156 cm³/mol. The van der Waals surface area contributed by atoms with Crippen molar-refractivity contribution >= 4 is 22.6 Å². The van der Waals surface area contributed by atoms with Crippen LogP contribution in [0.5, 0.6) is 0 Å². The van der Waals surface area contributed by atoms with Gasteiger partial charge in [0.1, 0.15) is 0 Å². The molecule has 3 N–H and O–H groups in total. The first kappa shape index (κ1) is 27.4. The number of aromatic amines is 1. The van der Waals surface area contributed by atoms with Crippen LogP contribution in [0.1, 0.15) is 61.3 Å². The number of anilines is 1. The van der Waals surface area contributed by atoms with Crippen LogP contribution in [0.15, 0.2) is 77.6 Å².